The van der Waals surface area contributed by atoms with Crippen LogP contribution >= 0.6 is 0 Å². The summed E-state index contributed by atoms with van der Waals surface area (Å²) in [5.41, 5.74) is 0.797. The molecule has 0 fully saturated rings. The first-order valence-electron chi connectivity index (χ1n) is 7.88. The predicted octanol–water partition coefficient (Wildman–Crippen LogP) is 1.05. The molecule has 26 heavy (non-hydrogen) atoms. The summed E-state index contributed by atoms with van der Waals surface area (Å²) in [7, 11) is 4.56. The van der Waals surface area contributed by atoms with Crippen molar-refractivity contribution in [2.24, 2.45) is 0 Å². The van der Waals surface area contributed by atoms with E-state index in [1.807, 2.05) is 18.2 Å². The van der Waals surface area contributed by atoms with E-state index in [1.54, 1.807) is 18.3 Å². The number of nitrogens with zero attached hydrogens (tertiary/aromatic N) is 1. The summed E-state index contributed by atoms with van der Waals surface area (Å²) in [5, 5.41) is 0. The molecule has 7 heteroatoms. The Hall–Kier alpha value is -2.72. The number of ether oxygens (including phenoxy) is 3. The van der Waals surface area contributed by atoms with Crippen LogP contribution in [-0.2, 0) is 0 Å². The quantitative estimate of drug-likeness (QED) is 0.462. The fraction of sp³-hybridized carbons (Fsp3) is 0.158. The van der Waals surface area contributed by atoms with Gasteiger partial charge in [0.05, 0.1) is 0 Å². The van der Waals surface area contributed by atoms with Crippen LogP contribution < -0.4 is 23.2 Å². The van der Waals surface area contributed by atoms with E-state index in [0.717, 1.165) is 4.61 Å². The minimum absolute atomic E-state index is 0.202. The van der Waals surface area contributed by atoms with Gasteiger partial charge >= 0.3 is 158 Å². The zero-order valence-electron chi connectivity index (χ0n) is 14.7. The van der Waals surface area contributed by atoms with Crippen LogP contribution in [0.4, 0.5) is 0 Å². The van der Waals surface area contributed by atoms with Gasteiger partial charge in [0.1, 0.15) is 0 Å². The van der Waals surface area contributed by atoms with Crippen molar-refractivity contribution in [3.63, 3.8) is 0 Å². The molecule has 0 aliphatic heterocycles. The van der Waals surface area contributed by atoms with Gasteiger partial charge in [0.15, 0.2) is 0 Å². The molecule has 0 amide bonds. The maximum atomic E-state index is 12.8. The van der Waals surface area contributed by atoms with Gasteiger partial charge < -0.3 is 0 Å². The van der Waals surface area contributed by atoms with Crippen LogP contribution in [-0.4, -0.2) is 52.8 Å². The summed E-state index contributed by atoms with van der Waals surface area (Å²) in [5.74, 6) is 1.11. The number of aromatic nitrogens is 2. The third-order valence-corrected chi connectivity index (χ3v) is 6.11. The Balaban J connectivity index is 1.88. The first-order valence-corrected chi connectivity index (χ1v) is 9.98. The molecule has 1 aromatic heterocycles. The summed E-state index contributed by atoms with van der Waals surface area (Å²) < 4.78 is 18.0. The second kappa shape index (κ2) is 8.10. The maximum absolute atomic E-state index is 12.8. The van der Waals surface area contributed by atoms with E-state index in [-0.39, 0.29) is 5.78 Å². The van der Waals surface area contributed by atoms with Gasteiger partial charge in [-0.05, 0) is 0 Å². The van der Waals surface area contributed by atoms with Crippen LogP contribution in [0.15, 0.2) is 48.7 Å². The van der Waals surface area contributed by atoms with Crippen molar-refractivity contribution in [3.05, 3.63) is 59.9 Å². The zero-order valence-corrected chi connectivity index (χ0v) is 16.8. The van der Waals surface area contributed by atoms with Gasteiger partial charge in [0.25, 0.3) is 0 Å². The fourth-order valence-corrected chi connectivity index (χ4v) is 4.52. The molecule has 2 aromatic carbocycles. The molecule has 0 saturated carbocycles. The second-order valence-electron chi connectivity index (χ2n) is 5.37. The number of benzene rings is 2. The van der Waals surface area contributed by atoms with E-state index in [2.05, 4.69) is 22.1 Å². The molecular formula is C19H19AsN2O4. The SMILES string of the molecule is COc1cc(C(=O)c2c[nH]c([AsH]c3ccccc3)n2)cc(OC)c1OC. The molecule has 3 aromatic rings. The van der Waals surface area contributed by atoms with Gasteiger partial charge in [-0.1, -0.05) is 0 Å². The number of ketones is 1. The van der Waals surface area contributed by atoms with E-state index in [4.69, 9.17) is 14.2 Å². The van der Waals surface area contributed by atoms with Gasteiger partial charge in [-0.15, -0.1) is 0 Å². The van der Waals surface area contributed by atoms with Crippen LogP contribution in [0, 0.1) is 0 Å². The van der Waals surface area contributed by atoms with Gasteiger partial charge in [-0.3, -0.25) is 0 Å². The molecule has 3 rings (SSSR count). The molecule has 0 radical (unpaired) electrons. The third kappa shape index (κ3) is 3.75. The number of aromatic amines is 1. The zero-order chi connectivity index (χ0) is 18.5. The van der Waals surface area contributed by atoms with Gasteiger partial charge in [-0.2, -0.15) is 0 Å². The molecule has 0 spiro atoms. The van der Waals surface area contributed by atoms with E-state index in [0.29, 0.717) is 28.5 Å². The number of hydrogen-bond donors (Lipinski definition) is 1. The van der Waals surface area contributed by atoms with E-state index in [9.17, 15) is 4.79 Å². The van der Waals surface area contributed by atoms with Crippen LogP contribution in [0.1, 0.15) is 16.1 Å². The molecule has 1 atom stereocenters. The van der Waals surface area contributed by atoms with Gasteiger partial charge in [-0.25, -0.2) is 0 Å². The van der Waals surface area contributed by atoms with Crippen molar-refractivity contribution >= 4 is 30.5 Å². The standard InChI is InChI=1S/C19H19AsN2O4/c1-24-15-9-12(10-16(25-2)18(15)26-3)17(23)14-11-21-19(22-14)20-13-7-5-4-6-8-13/h4-11,20H,1-3H3,(H,21,22). The van der Waals surface area contributed by atoms with Crippen LogP contribution in [0.25, 0.3) is 0 Å². The molecule has 0 aliphatic carbocycles. The van der Waals surface area contributed by atoms with E-state index >= 15 is 0 Å². The topological polar surface area (TPSA) is 73.4 Å². The summed E-state index contributed by atoms with van der Waals surface area (Å²) in [4.78, 5) is 20.4. The number of methoxy groups -OCH3 is 3. The monoisotopic (exact) mass is 414 g/mol. The normalized spacial score (nSPS) is 10.9. The van der Waals surface area contributed by atoms with Crippen molar-refractivity contribution in [3.8, 4) is 17.2 Å². The van der Waals surface area contributed by atoms with Crippen molar-refractivity contribution in [1.29, 1.82) is 0 Å². The number of hydrogen-bond acceptors (Lipinski definition) is 5. The fourth-order valence-electron chi connectivity index (χ4n) is 2.52. The molecule has 0 aliphatic rings. The Morgan fingerprint density at radius 2 is 1.65 bits per heavy atom. The molecule has 6 nitrogen and oxygen atoms in total. The summed E-state index contributed by atoms with van der Waals surface area (Å²) in [6.07, 6.45) is 1.65. The van der Waals surface area contributed by atoms with Crippen molar-refractivity contribution in [2.75, 3.05) is 21.3 Å². The molecular weight excluding hydrogens is 395 g/mol. The number of carbonyl (C=O) groups excluding carboxylic acids is 1. The number of imidazole rings is 1. The average Bonchev–Trinajstić information content (AvgIpc) is 3.15. The van der Waals surface area contributed by atoms with Crippen LogP contribution in [0.2, 0.25) is 0 Å². The molecule has 1 unspecified atom stereocenters. The minimum atomic E-state index is -0.610. The van der Waals surface area contributed by atoms with Crippen LogP contribution in [0.3, 0.4) is 0 Å². The Morgan fingerprint density at radius 1 is 1.00 bits per heavy atom. The van der Waals surface area contributed by atoms with Crippen molar-refractivity contribution in [1.82, 2.24) is 9.97 Å². The van der Waals surface area contributed by atoms with Crippen LogP contribution in [0.5, 0.6) is 17.2 Å². The Labute approximate surface area is 158 Å². The first-order chi connectivity index (χ1) is 12.7. The first kappa shape index (κ1) is 18.1. The molecule has 134 valence electrons. The number of carbonyl (C=O) groups is 1. The van der Waals surface area contributed by atoms with Crippen molar-refractivity contribution < 1.29 is 19.0 Å². The predicted molar refractivity (Wildman–Crippen MR) is 101 cm³/mol. The van der Waals surface area contributed by atoms with E-state index in [1.165, 1.54) is 25.7 Å². The Morgan fingerprint density at radius 3 is 2.23 bits per heavy atom. The van der Waals surface area contributed by atoms with Crippen molar-refractivity contribution in [2.45, 2.75) is 0 Å². The Kier molecular flexibility index (Phi) is 5.64. The number of H-pyrrole nitrogens is 1. The molecule has 1 heterocycles. The second-order valence-corrected chi connectivity index (χ2v) is 8.10. The Bertz CT molecular complexity index is 884. The average molecular weight is 414 g/mol. The molecule has 0 saturated heterocycles. The molecule has 1 N–H and O–H groups in total. The van der Waals surface area contributed by atoms with E-state index < -0.39 is 15.8 Å². The number of nitrogens with one attached hydrogen (secondary N) is 1. The molecule has 0 bridgehead atoms. The summed E-state index contributed by atoms with van der Waals surface area (Å²) in [6, 6.07) is 13.4. The van der Waals surface area contributed by atoms with Gasteiger partial charge in [0.2, 0.25) is 0 Å². The third-order valence-electron chi connectivity index (χ3n) is 3.77. The summed E-state index contributed by atoms with van der Waals surface area (Å²) >= 11 is -0.610. The summed E-state index contributed by atoms with van der Waals surface area (Å²) in [6.45, 7) is 0. The number of rotatable bonds is 7. The van der Waals surface area contributed by atoms with Gasteiger partial charge in [0, 0.05) is 0 Å².